The highest BCUT2D eigenvalue weighted by molar-refractivity contribution is 14.1. The Balaban J connectivity index is 2.47. The van der Waals surface area contributed by atoms with Crippen molar-refractivity contribution in [2.24, 2.45) is 14.1 Å². The van der Waals surface area contributed by atoms with E-state index in [1.807, 2.05) is 28.1 Å². The van der Waals surface area contributed by atoms with Gasteiger partial charge >= 0.3 is 5.69 Å². The second-order valence-corrected chi connectivity index (χ2v) is 7.00. The van der Waals surface area contributed by atoms with Crippen molar-refractivity contribution in [2.45, 2.75) is 6.10 Å². The van der Waals surface area contributed by atoms with E-state index in [1.165, 1.54) is 26.2 Å². The Bertz CT molecular complexity index is 1010. The average Bonchev–Trinajstić information content (AvgIpc) is 2.66. The Hall–Kier alpha value is -2.29. The average molecular weight is 508 g/mol. The number of carbonyl (C=O) groups excluding carboxylic acids is 1. The van der Waals surface area contributed by atoms with Gasteiger partial charge in [0.05, 0.1) is 12.3 Å². The first-order valence-corrected chi connectivity index (χ1v) is 8.98. The van der Waals surface area contributed by atoms with E-state index in [-0.39, 0.29) is 11.5 Å². The van der Waals surface area contributed by atoms with E-state index in [4.69, 9.17) is 9.94 Å². The Labute approximate surface area is 171 Å². The quantitative estimate of drug-likeness (QED) is 0.295. The molecule has 2 rings (SSSR count). The number of hydroxylamine groups is 1. The first kappa shape index (κ1) is 22.0. The molecular formula is C16H18FIN4O6. The van der Waals surface area contributed by atoms with Gasteiger partial charge in [0, 0.05) is 17.7 Å². The van der Waals surface area contributed by atoms with Gasteiger partial charge in [-0.25, -0.2) is 14.7 Å². The van der Waals surface area contributed by atoms with E-state index in [1.54, 1.807) is 6.07 Å². The summed E-state index contributed by atoms with van der Waals surface area (Å²) in [6, 6.07) is 4.24. The van der Waals surface area contributed by atoms with Gasteiger partial charge < -0.3 is 15.5 Å². The number of benzene rings is 1. The van der Waals surface area contributed by atoms with Crippen LogP contribution in [-0.2, 0) is 18.9 Å². The molecule has 0 bridgehead atoms. The Morgan fingerprint density at radius 2 is 2.00 bits per heavy atom. The molecule has 0 aliphatic carbocycles. The molecule has 1 heterocycles. The number of halogens is 2. The number of aliphatic hydroxyl groups excluding tert-OH is 2. The number of amides is 1. The monoisotopic (exact) mass is 508 g/mol. The van der Waals surface area contributed by atoms with Crippen LogP contribution in [0.4, 0.5) is 15.9 Å². The number of aromatic nitrogens is 2. The normalized spacial score (nSPS) is 11.9. The molecule has 0 fully saturated rings. The van der Waals surface area contributed by atoms with Gasteiger partial charge in [-0.05, 0) is 40.8 Å². The topological polar surface area (TPSA) is 135 Å². The molecule has 0 aliphatic heterocycles. The molecule has 28 heavy (non-hydrogen) atoms. The van der Waals surface area contributed by atoms with Crippen LogP contribution in [0.5, 0.6) is 0 Å². The molecule has 0 saturated carbocycles. The maximum Gasteiger partial charge on any atom is 0.332 e. The van der Waals surface area contributed by atoms with E-state index < -0.39 is 47.9 Å². The number of hydrogen-bond donors (Lipinski definition) is 4. The van der Waals surface area contributed by atoms with Crippen LogP contribution in [0.1, 0.15) is 10.4 Å². The predicted octanol–water partition coefficient (Wildman–Crippen LogP) is -0.414. The van der Waals surface area contributed by atoms with Crippen molar-refractivity contribution in [3.8, 4) is 0 Å². The molecule has 1 aromatic carbocycles. The zero-order chi connectivity index (χ0) is 21.0. The standard InChI is InChI=1S/C16H18FIN4O6/c1-21-13(19-11-4-3-8(18)5-10(11)17)12(15(26)22(2)16(21)27)14(25)20-28-7-9(24)6-23/h3-5,9,19,23-24H,6-7H2,1-2H3,(H,20,25)/t9-/m1/s1. The second kappa shape index (κ2) is 9.27. The molecule has 1 aromatic heterocycles. The first-order valence-electron chi connectivity index (χ1n) is 7.90. The maximum absolute atomic E-state index is 14.2. The third kappa shape index (κ3) is 4.76. The predicted molar refractivity (Wildman–Crippen MR) is 106 cm³/mol. The fourth-order valence-electron chi connectivity index (χ4n) is 2.22. The number of hydrogen-bond acceptors (Lipinski definition) is 7. The molecule has 4 N–H and O–H groups in total. The van der Waals surface area contributed by atoms with Crippen molar-refractivity contribution < 1.29 is 24.2 Å². The number of carbonyl (C=O) groups is 1. The largest absolute Gasteiger partial charge is 0.394 e. The molecule has 0 spiro atoms. The van der Waals surface area contributed by atoms with Gasteiger partial charge in [-0.3, -0.25) is 23.6 Å². The zero-order valence-electron chi connectivity index (χ0n) is 14.9. The lowest BCUT2D eigenvalue weighted by atomic mass is 10.2. The lowest BCUT2D eigenvalue weighted by Crippen LogP contribution is -2.44. The molecular weight excluding hydrogens is 490 g/mol. The minimum Gasteiger partial charge on any atom is -0.394 e. The smallest absolute Gasteiger partial charge is 0.332 e. The maximum atomic E-state index is 14.2. The third-order valence-corrected chi connectivity index (χ3v) is 4.40. The van der Waals surface area contributed by atoms with Crippen LogP contribution in [-0.4, -0.2) is 44.6 Å². The lowest BCUT2D eigenvalue weighted by molar-refractivity contribution is -0.0295. The Kier molecular flexibility index (Phi) is 7.29. The highest BCUT2D eigenvalue weighted by Crippen LogP contribution is 2.22. The van der Waals surface area contributed by atoms with Gasteiger partial charge in [0.25, 0.3) is 11.5 Å². The van der Waals surface area contributed by atoms with E-state index in [0.29, 0.717) is 8.14 Å². The van der Waals surface area contributed by atoms with Crippen LogP contribution in [0.3, 0.4) is 0 Å². The minimum atomic E-state index is -1.23. The molecule has 0 aliphatic rings. The summed E-state index contributed by atoms with van der Waals surface area (Å²) in [4.78, 5) is 41.9. The van der Waals surface area contributed by atoms with Crippen LogP contribution < -0.4 is 22.0 Å². The van der Waals surface area contributed by atoms with Crippen molar-refractivity contribution in [2.75, 3.05) is 18.5 Å². The first-order chi connectivity index (χ1) is 13.2. The van der Waals surface area contributed by atoms with Crippen LogP contribution >= 0.6 is 22.6 Å². The van der Waals surface area contributed by atoms with Crippen molar-refractivity contribution in [1.82, 2.24) is 14.6 Å². The Morgan fingerprint density at radius 3 is 2.61 bits per heavy atom. The molecule has 0 saturated heterocycles. The molecule has 10 nitrogen and oxygen atoms in total. The summed E-state index contributed by atoms with van der Waals surface area (Å²) in [5, 5.41) is 20.6. The molecule has 1 atom stereocenters. The number of aliphatic hydroxyl groups is 2. The van der Waals surface area contributed by atoms with Crippen molar-refractivity contribution >= 4 is 40.0 Å². The SMILES string of the molecule is Cn1c(Nc2ccc(I)cc2F)c(C(=O)NOC[C@H](O)CO)c(=O)n(C)c1=O. The van der Waals surface area contributed by atoms with Gasteiger partial charge in [-0.15, -0.1) is 0 Å². The summed E-state index contributed by atoms with van der Waals surface area (Å²) in [5.41, 5.74) is -0.251. The summed E-state index contributed by atoms with van der Waals surface area (Å²) in [6.07, 6.45) is -1.23. The zero-order valence-corrected chi connectivity index (χ0v) is 17.1. The number of nitrogens with zero attached hydrogens (tertiary/aromatic N) is 2. The van der Waals surface area contributed by atoms with Crippen LogP contribution in [0.2, 0.25) is 0 Å². The Morgan fingerprint density at radius 1 is 1.32 bits per heavy atom. The highest BCUT2D eigenvalue weighted by Gasteiger charge is 2.23. The van der Waals surface area contributed by atoms with Crippen LogP contribution in [0.25, 0.3) is 0 Å². The van der Waals surface area contributed by atoms with Crippen molar-refractivity contribution in [1.29, 1.82) is 0 Å². The fourth-order valence-corrected chi connectivity index (χ4v) is 2.67. The molecule has 152 valence electrons. The molecule has 2 aromatic rings. The second-order valence-electron chi connectivity index (χ2n) is 5.76. The van der Waals surface area contributed by atoms with Gasteiger partial charge in [0.15, 0.2) is 0 Å². The molecule has 12 heteroatoms. The summed E-state index contributed by atoms with van der Waals surface area (Å²) in [6.45, 7) is -1.01. The summed E-state index contributed by atoms with van der Waals surface area (Å²) in [5.74, 6) is -1.90. The number of anilines is 2. The van der Waals surface area contributed by atoms with E-state index in [2.05, 4.69) is 5.32 Å². The van der Waals surface area contributed by atoms with Gasteiger partial charge in [0.1, 0.15) is 29.9 Å². The van der Waals surface area contributed by atoms with Crippen molar-refractivity contribution in [3.05, 3.63) is 54.0 Å². The number of nitrogens with one attached hydrogen (secondary N) is 2. The molecule has 0 radical (unpaired) electrons. The summed E-state index contributed by atoms with van der Waals surface area (Å²) in [7, 11) is 2.49. The highest BCUT2D eigenvalue weighted by atomic mass is 127. The summed E-state index contributed by atoms with van der Waals surface area (Å²) < 4.78 is 16.5. The fraction of sp³-hybridized carbons (Fsp3) is 0.312. The number of rotatable bonds is 7. The van der Waals surface area contributed by atoms with Crippen LogP contribution in [0.15, 0.2) is 27.8 Å². The minimum absolute atomic E-state index is 0.0469. The van der Waals surface area contributed by atoms with Crippen LogP contribution in [0, 0.1) is 9.39 Å². The molecule has 0 unspecified atom stereocenters. The molecule has 1 amide bonds. The van der Waals surface area contributed by atoms with Gasteiger partial charge in [-0.2, -0.15) is 0 Å². The van der Waals surface area contributed by atoms with E-state index >= 15 is 0 Å². The lowest BCUT2D eigenvalue weighted by Gasteiger charge is -2.17. The van der Waals surface area contributed by atoms with Gasteiger partial charge in [-0.1, -0.05) is 0 Å². The summed E-state index contributed by atoms with van der Waals surface area (Å²) >= 11 is 1.92. The van der Waals surface area contributed by atoms with Crippen molar-refractivity contribution in [3.63, 3.8) is 0 Å². The third-order valence-electron chi connectivity index (χ3n) is 3.73. The van der Waals surface area contributed by atoms with E-state index in [9.17, 15) is 23.9 Å². The van der Waals surface area contributed by atoms with Gasteiger partial charge in [0.2, 0.25) is 0 Å². The van der Waals surface area contributed by atoms with E-state index in [0.717, 1.165) is 4.57 Å².